The Kier molecular flexibility index (Phi) is 1.71. The van der Waals surface area contributed by atoms with Gasteiger partial charge in [0.1, 0.15) is 0 Å². The summed E-state index contributed by atoms with van der Waals surface area (Å²) < 4.78 is 0. The first-order valence-corrected chi connectivity index (χ1v) is 3.77. The van der Waals surface area contributed by atoms with Gasteiger partial charge in [-0.05, 0) is 13.3 Å². The molecule has 1 heterocycles. The van der Waals surface area contributed by atoms with Gasteiger partial charge in [0.15, 0.2) is 5.13 Å². The van der Waals surface area contributed by atoms with E-state index < -0.39 is 0 Å². The molecule has 9 heavy (non-hydrogen) atoms. The van der Waals surface area contributed by atoms with Crippen LogP contribution in [-0.4, -0.2) is 4.98 Å². The molecule has 3 heteroatoms. The van der Waals surface area contributed by atoms with Crippen molar-refractivity contribution in [2.24, 2.45) is 0 Å². The monoisotopic (exact) mass is 142 g/mol. The summed E-state index contributed by atoms with van der Waals surface area (Å²) in [5, 5.41) is 0.685. The molecule has 2 nitrogen and oxygen atoms in total. The van der Waals surface area contributed by atoms with Crippen molar-refractivity contribution < 1.29 is 0 Å². The van der Waals surface area contributed by atoms with E-state index in [1.165, 1.54) is 4.88 Å². The van der Waals surface area contributed by atoms with Crippen molar-refractivity contribution >= 4 is 16.5 Å². The molecule has 0 aliphatic carbocycles. The van der Waals surface area contributed by atoms with Gasteiger partial charge >= 0.3 is 0 Å². The first kappa shape index (κ1) is 6.55. The largest absolute Gasteiger partial charge is 0.375 e. The molecule has 0 unspecified atom stereocenters. The SMILES string of the molecule is CCc1nc(N)sc1C. The second-order valence-electron chi connectivity index (χ2n) is 1.91. The minimum Gasteiger partial charge on any atom is -0.375 e. The Morgan fingerprint density at radius 1 is 1.67 bits per heavy atom. The van der Waals surface area contributed by atoms with Crippen LogP contribution in [0.2, 0.25) is 0 Å². The van der Waals surface area contributed by atoms with Gasteiger partial charge in [0.05, 0.1) is 5.69 Å². The van der Waals surface area contributed by atoms with Gasteiger partial charge in [0.25, 0.3) is 0 Å². The first-order valence-electron chi connectivity index (χ1n) is 2.95. The lowest BCUT2D eigenvalue weighted by atomic mass is 10.3. The third-order valence-electron chi connectivity index (χ3n) is 1.24. The highest BCUT2D eigenvalue weighted by atomic mass is 32.1. The smallest absolute Gasteiger partial charge is 0.180 e. The van der Waals surface area contributed by atoms with Gasteiger partial charge in [-0.25, -0.2) is 4.98 Å². The van der Waals surface area contributed by atoms with Crippen LogP contribution in [0.1, 0.15) is 17.5 Å². The topological polar surface area (TPSA) is 38.9 Å². The van der Waals surface area contributed by atoms with Gasteiger partial charge in [0, 0.05) is 4.88 Å². The first-order chi connectivity index (χ1) is 4.24. The Morgan fingerprint density at radius 3 is 2.56 bits per heavy atom. The highest BCUT2D eigenvalue weighted by molar-refractivity contribution is 7.15. The average molecular weight is 142 g/mol. The molecule has 1 rings (SSSR count). The summed E-state index contributed by atoms with van der Waals surface area (Å²) in [6.07, 6.45) is 0.986. The van der Waals surface area contributed by atoms with Crippen molar-refractivity contribution in [3.8, 4) is 0 Å². The lowest BCUT2D eigenvalue weighted by Crippen LogP contribution is -1.84. The Balaban J connectivity index is 3.01. The van der Waals surface area contributed by atoms with E-state index in [9.17, 15) is 0 Å². The molecule has 0 atom stereocenters. The third-order valence-corrected chi connectivity index (χ3v) is 2.09. The van der Waals surface area contributed by atoms with E-state index in [-0.39, 0.29) is 0 Å². The number of aryl methyl sites for hydroxylation is 2. The fourth-order valence-corrected chi connectivity index (χ4v) is 1.56. The molecule has 0 saturated heterocycles. The lowest BCUT2D eigenvalue weighted by Gasteiger charge is -1.85. The number of hydrogen-bond donors (Lipinski definition) is 1. The zero-order valence-corrected chi connectivity index (χ0v) is 6.46. The second-order valence-corrected chi connectivity index (χ2v) is 3.14. The van der Waals surface area contributed by atoms with E-state index >= 15 is 0 Å². The number of nitrogens with two attached hydrogens (primary N) is 1. The molecule has 0 bridgehead atoms. The van der Waals surface area contributed by atoms with E-state index in [1.54, 1.807) is 11.3 Å². The molecule has 0 amide bonds. The van der Waals surface area contributed by atoms with Crippen LogP contribution in [0.3, 0.4) is 0 Å². The molecule has 1 aromatic heterocycles. The van der Waals surface area contributed by atoms with Gasteiger partial charge in [-0.15, -0.1) is 11.3 Å². The van der Waals surface area contributed by atoms with Crippen LogP contribution in [0.4, 0.5) is 5.13 Å². The standard InChI is InChI=1S/C6H10N2S/c1-3-5-4(2)9-6(7)8-5/h3H2,1-2H3,(H2,7,8). The molecule has 0 aromatic carbocycles. The van der Waals surface area contributed by atoms with Crippen LogP contribution >= 0.6 is 11.3 Å². The molecule has 50 valence electrons. The number of anilines is 1. The van der Waals surface area contributed by atoms with Crippen molar-refractivity contribution in [1.82, 2.24) is 4.98 Å². The highest BCUT2D eigenvalue weighted by Crippen LogP contribution is 2.18. The molecule has 0 spiro atoms. The summed E-state index contributed by atoms with van der Waals surface area (Å²) in [7, 11) is 0. The predicted octanol–water partition coefficient (Wildman–Crippen LogP) is 1.60. The van der Waals surface area contributed by atoms with Gasteiger partial charge in [-0.3, -0.25) is 0 Å². The minimum absolute atomic E-state index is 0.685. The number of aromatic nitrogens is 1. The van der Waals surface area contributed by atoms with Gasteiger partial charge < -0.3 is 5.73 Å². The zero-order valence-electron chi connectivity index (χ0n) is 5.64. The van der Waals surface area contributed by atoms with E-state index in [0.29, 0.717) is 5.13 Å². The number of thiazole rings is 1. The molecule has 0 radical (unpaired) electrons. The molecular weight excluding hydrogens is 132 g/mol. The van der Waals surface area contributed by atoms with E-state index in [1.807, 2.05) is 6.92 Å². The number of nitrogen functional groups attached to an aromatic ring is 1. The molecule has 0 saturated carbocycles. The molecule has 1 aromatic rings. The molecule has 0 aliphatic rings. The maximum absolute atomic E-state index is 5.46. The number of nitrogens with zero attached hydrogens (tertiary/aromatic N) is 1. The molecule has 0 fully saturated rings. The van der Waals surface area contributed by atoms with Crippen molar-refractivity contribution in [3.63, 3.8) is 0 Å². The highest BCUT2D eigenvalue weighted by Gasteiger charge is 2.00. The van der Waals surface area contributed by atoms with Gasteiger partial charge in [-0.2, -0.15) is 0 Å². The summed E-state index contributed by atoms with van der Waals surface area (Å²) in [5.41, 5.74) is 6.60. The van der Waals surface area contributed by atoms with Crippen LogP contribution < -0.4 is 5.73 Å². The zero-order chi connectivity index (χ0) is 6.85. The minimum atomic E-state index is 0.685. The average Bonchev–Trinajstić information content (AvgIpc) is 2.10. The van der Waals surface area contributed by atoms with E-state index in [0.717, 1.165) is 12.1 Å². The predicted molar refractivity (Wildman–Crippen MR) is 40.6 cm³/mol. The number of hydrogen-bond acceptors (Lipinski definition) is 3. The van der Waals surface area contributed by atoms with E-state index in [2.05, 4.69) is 11.9 Å². The van der Waals surface area contributed by atoms with Crippen LogP contribution in [0, 0.1) is 6.92 Å². The summed E-state index contributed by atoms with van der Waals surface area (Å²) >= 11 is 1.56. The quantitative estimate of drug-likeness (QED) is 0.646. The summed E-state index contributed by atoms with van der Waals surface area (Å²) in [6, 6.07) is 0. The molecule has 0 aliphatic heterocycles. The van der Waals surface area contributed by atoms with Crippen molar-refractivity contribution in [2.75, 3.05) is 5.73 Å². The summed E-state index contributed by atoms with van der Waals surface area (Å²) in [5.74, 6) is 0. The van der Waals surface area contributed by atoms with Crippen molar-refractivity contribution in [3.05, 3.63) is 10.6 Å². The van der Waals surface area contributed by atoms with Crippen LogP contribution in [0.25, 0.3) is 0 Å². The van der Waals surface area contributed by atoms with Crippen LogP contribution in [0.5, 0.6) is 0 Å². The van der Waals surface area contributed by atoms with E-state index in [4.69, 9.17) is 5.73 Å². The molecule has 2 N–H and O–H groups in total. The van der Waals surface area contributed by atoms with Gasteiger partial charge in [-0.1, -0.05) is 6.92 Å². The maximum atomic E-state index is 5.46. The third kappa shape index (κ3) is 1.21. The second kappa shape index (κ2) is 2.35. The van der Waals surface area contributed by atoms with Crippen molar-refractivity contribution in [2.45, 2.75) is 20.3 Å². The number of rotatable bonds is 1. The van der Waals surface area contributed by atoms with Crippen LogP contribution in [-0.2, 0) is 6.42 Å². The summed E-state index contributed by atoms with van der Waals surface area (Å²) in [4.78, 5) is 5.37. The van der Waals surface area contributed by atoms with Crippen molar-refractivity contribution in [1.29, 1.82) is 0 Å². The lowest BCUT2D eigenvalue weighted by molar-refractivity contribution is 1.05. The maximum Gasteiger partial charge on any atom is 0.180 e. The van der Waals surface area contributed by atoms with Gasteiger partial charge in [0.2, 0.25) is 0 Å². The Bertz CT molecular complexity index is 205. The normalized spacial score (nSPS) is 10.0. The Labute approximate surface area is 58.7 Å². The fourth-order valence-electron chi connectivity index (χ4n) is 0.778. The Hall–Kier alpha value is -0.570. The fraction of sp³-hybridized carbons (Fsp3) is 0.500. The summed E-state index contributed by atoms with van der Waals surface area (Å²) in [6.45, 7) is 4.13. The van der Waals surface area contributed by atoms with Crippen LogP contribution in [0.15, 0.2) is 0 Å². The molecular formula is C6H10N2S. The Morgan fingerprint density at radius 2 is 2.33 bits per heavy atom.